The van der Waals surface area contributed by atoms with Crippen molar-refractivity contribution in [2.24, 2.45) is 5.92 Å². The zero-order chi connectivity index (χ0) is 7.56. The molecule has 1 aliphatic rings. The van der Waals surface area contributed by atoms with Crippen LogP contribution in [-0.2, 0) is 9.53 Å². The van der Waals surface area contributed by atoms with Crippen molar-refractivity contribution in [3.63, 3.8) is 0 Å². The second kappa shape index (κ2) is 3.28. The van der Waals surface area contributed by atoms with Gasteiger partial charge in [0.15, 0.2) is 0 Å². The van der Waals surface area contributed by atoms with E-state index in [4.69, 9.17) is 4.74 Å². The van der Waals surface area contributed by atoms with Crippen LogP contribution in [0.4, 0.5) is 0 Å². The number of rotatable bonds is 3. The summed E-state index contributed by atoms with van der Waals surface area (Å²) in [6, 6.07) is 0. The van der Waals surface area contributed by atoms with Crippen LogP contribution in [0.2, 0.25) is 0 Å². The Morgan fingerprint density at radius 2 is 2.50 bits per heavy atom. The van der Waals surface area contributed by atoms with Gasteiger partial charge in [0.2, 0.25) is 0 Å². The third-order valence-corrected chi connectivity index (χ3v) is 2.13. The highest BCUT2D eigenvalue weighted by Crippen LogP contribution is 2.34. The molecular formula is C7H12O2S. The summed E-state index contributed by atoms with van der Waals surface area (Å²) in [5.41, 5.74) is 0. The van der Waals surface area contributed by atoms with Crippen LogP contribution in [0.5, 0.6) is 0 Å². The molecule has 3 heteroatoms. The minimum absolute atomic E-state index is 0.0886. The molecule has 1 rings (SSSR count). The topological polar surface area (TPSA) is 26.3 Å². The highest BCUT2D eigenvalue weighted by molar-refractivity contribution is 7.80. The molecule has 0 aromatic rings. The van der Waals surface area contributed by atoms with E-state index in [1.54, 1.807) is 6.92 Å². The number of carbonyl (C=O) groups excluding carboxylic acids is 1. The summed E-state index contributed by atoms with van der Waals surface area (Å²) < 4.78 is 5.03. The minimum Gasteiger partial charge on any atom is -0.462 e. The first kappa shape index (κ1) is 7.92. The summed E-state index contributed by atoms with van der Waals surface area (Å²) in [5, 5.41) is 0. The van der Waals surface area contributed by atoms with E-state index in [-0.39, 0.29) is 12.1 Å². The lowest BCUT2D eigenvalue weighted by Gasteiger charge is -1.99. The molecule has 10 heavy (non-hydrogen) atoms. The molecule has 0 aliphatic heterocycles. The number of hydrogen-bond donors (Lipinski definition) is 1. The predicted octanol–water partition coefficient (Wildman–Crippen LogP) is 1.26. The van der Waals surface area contributed by atoms with Gasteiger partial charge in [0.25, 0.3) is 0 Å². The second-order valence-electron chi connectivity index (χ2n) is 2.56. The molecule has 1 fully saturated rings. The van der Waals surface area contributed by atoms with E-state index in [1.165, 1.54) is 0 Å². The van der Waals surface area contributed by atoms with Gasteiger partial charge in [-0.2, -0.15) is 12.6 Å². The first-order valence-electron chi connectivity index (χ1n) is 3.58. The number of hydrogen-bond acceptors (Lipinski definition) is 3. The molecule has 2 atom stereocenters. The number of thiol groups is 1. The molecule has 2 nitrogen and oxygen atoms in total. The SMILES string of the molecule is CCC(=O)OC1CC1CS. The minimum atomic E-state index is -0.0886. The Balaban J connectivity index is 2.11. The Morgan fingerprint density at radius 3 is 2.90 bits per heavy atom. The number of carbonyl (C=O) groups is 1. The van der Waals surface area contributed by atoms with E-state index in [1.807, 2.05) is 0 Å². The molecule has 0 heterocycles. The third kappa shape index (κ3) is 1.90. The van der Waals surface area contributed by atoms with Crippen LogP contribution in [0.1, 0.15) is 19.8 Å². The first-order valence-corrected chi connectivity index (χ1v) is 4.21. The van der Waals surface area contributed by atoms with Gasteiger partial charge in [0, 0.05) is 12.3 Å². The van der Waals surface area contributed by atoms with Gasteiger partial charge in [0.1, 0.15) is 6.10 Å². The smallest absolute Gasteiger partial charge is 0.305 e. The van der Waals surface area contributed by atoms with E-state index in [2.05, 4.69) is 12.6 Å². The van der Waals surface area contributed by atoms with Crippen molar-refractivity contribution in [3.8, 4) is 0 Å². The Hall–Kier alpha value is -0.180. The quantitative estimate of drug-likeness (QED) is 0.497. The number of ether oxygens (including phenoxy) is 1. The molecule has 0 amide bonds. The monoisotopic (exact) mass is 160 g/mol. The summed E-state index contributed by atoms with van der Waals surface area (Å²) in [4.78, 5) is 10.7. The lowest BCUT2D eigenvalue weighted by molar-refractivity contribution is -0.144. The van der Waals surface area contributed by atoms with E-state index in [0.29, 0.717) is 12.3 Å². The van der Waals surface area contributed by atoms with E-state index < -0.39 is 0 Å². The van der Waals surface area contributed by atoms with E-state index in [9.17, 15) is 4.79 Å². The van der Waals surface area contributed by atoms with Gasteiger partial charge in [-0.1, -0.05) is 6.92 Å². The first-order chi connectivity index (χ1) is 4.77. The molecule has 0 N–H and O–H groups in total. The molecule has 0 aromatic heterocycles. The van der Waals surface area contributed by atoms with E-state index in [0.717, 1.165) is 12.2 Å². The van der Waals surface area contributed by atoms with Crippen molar-refractivity contribution in [2.45, 2.75) is 25.9 Å². The average Bonchev–Trinajstić information content (AvgIpc) is 2.67. The van der Waals surface area contributed by atoms with Crippen molar-refractivity contribution in [3.05, 3.63) is 0 Å². The Morgan fingerprint density at radius 1 is 1.80 bits per heavy atom. The van der Waals surface area contributed by atoms with Gasteiger partial charge >= 0.3 is 5.97 Å². The molecule has 0 radical (unpaired) electrons. The predicted molar refractivity (Wildman–Crippen MR) is 42.1 cm³/mol. The third-order valence-electron chi connectivity index (χ3n) is 1.66. The maximum atomic E-state index is 10.7. The van der Waals surface area contributed by atoms with Gasteiger partial charge < -0.3 is 4.74 Å². The maximum absolute atomic E-state index is 10.7. The molecule has 0 spiro atoms. The number of esters is 1. The van der Waals surface area contributed by atoms with Crippen molar-refractivity contribution in [1.82, 2.24) is 0 Å². The largest absolute Gasteiger partial charge is 0.462 e. The normalized spacial score (nSPS) is 29.8. The van der Waals surface area contributed by atoms with Crippen LogP contribution in [0.25, 0.3) is 0 Å². The second-order valence-corrected chi connectivity index (χ2v) is 2.93. The molecule has 1 aliphatic carbocycles. The van der Waals surface area contributed by atoms with Gasteiger partial charge in [-0.25, -0.2) is 0 Å². The Kier molecular flexibility index (Phi) is 2.60. The van der Waals surface area contributed by atoms with Crippen molar-refractivity contribution >= 4 is 18.6 Å². The molecular weight excluding hydrogens is 148 g/mol. The summed E-state index contributed by atoms with van der Waals surface area (Å²) in [5.74, 6) is 1.27. The van der Waals surface area contributed by atoms with Crippen LogP contribution in [-0.4, -0.2) is 17.8 Å². The molecule has 58 valence electrons. The highest BCUT2D eigenvalue weighted by atomic mass is 32.1. The average molecular weight is 160 g/mol. The molecule has 0 aromatic carbocycles. The fraction of sp³-hybridized carbons (Fsp3) is 0.857. The van der Waals surface area contributed by atoms with Crippen LogP contribution < -0.4 is 0 Å². The standard InChI is InChI=1S/C7H12O2S/c1-2-7(8)9-6-3-5(6)4-10/h5-6,10H,2-4H2,1H3. The lowest BCUT2D eigenvalue weighted by Crippen LogP contribution is -2.06. The Labute approximate surface area is 66.4 Å². The van der Waals surface area contributed by atoms with Crippen LogP contribution in [0, 0.1) is 5.92 Å². The van der Waals surface area contributed by atoms with Crippen molar-refractivity contribution in [2.75, 3.05) is 5.75 Å². The van der Waals surface area contributed by atoms with Crippen molar-refractivity contribution in [1.29, 1.82) is 0 Å². The zero-order valence-corrected chi connectivity index (χ0v) is 6.93. The molecule has 0 bridgehead atoms. The van der Waals surface area contributed by atoms with Gasteiger partial charge in [-0.3, -0.25) is 4.79 Å². The van der Waals surface area contributed by atoms with Gasteiger partial charge in [-0.15, -0.1) is 0 Å². The summed E-state index contributed by atoms with van der Waals surface area (Å²) >= 11 is 4.10. The summed E-state index contributed by atoms with van der Waals surface area (Å²) in [6.45, 7) is 1.81. The zero-order valence-electron chi connectivity index (χ0n) is 6.04. The van der Waals surface area contributed by atoms with E-state index >= 15 is 0 Å². The fourth-order valence-electron chi connectivity index (χ4n) is 0.808. The van der Waals surface area contributed by atoms with Crippen LogP contribution >= 0.6 is 12.6 Å². The molecule has 0 saturated heterocycles. The molecule has 2 unspecified atom stereocenters. The maximum Gasteiger partial charge on any atom is 0.305 e. The van der Waals surface area contributed by atoms with Crippen LogP contribution in [0.15, 0.2) is 0 Å². The fourth-order valence-corrected chi connectivity index (χ4v) is 1.19. The molecule has 1 saturated carbocycles. The van der Waals surface area contributed by atoms with Gasteiger partial charge in [0.05, 0.1) is 0 Å². The highest BCUT2D eigenvalue weighted by Gasteiger charge is 2.38. The summed E-state index contributed by atoms with van der Waals surface area (Å²) in [7, 11) is 0. The van der Waals surface area contributed by atoms with Crippen molar-refractivity contribution < 1.29 is 9.53 Å². The van der Waals surface area contributed by atoms with Gasteiger partial charge in [-0.05, 0) is 12.2 Å². The Bertz CT molecular complexity index is 136. The lowest BCUT2D eigenvalue weighted by atomic mass is 10.5. The van der Waals surface area contributed by atoms with Crippen LogP contribution in [0.3, 0.4) is 0 Å². The summed E-state index contributed by atoms with van der Waals surface area (Å²) in [6.07, 6.45) is 1.68.